The van der Waals surface area contributed by atoms with Crippen LogP contribution in [0.2, 0.25) is 0 Å². The van der Waals surface area contributed by atoms with Gasteiger partial charge in [-0.1, -0.05) is 65.0 Å². The van der Waals surface area contributed by atoms with Crippen LogP contribution in [0.25, 0.3) is 0 Å². The molecule has 60 heavy (non-hydrogen) atoms. The van der Waals surface area contributed by atoms with Crippen molar-refractivity contribution in [3.05, 3.63) is 35.9 Å². The van der Waals surface area contributed by atoms with Gasteiger partial charge in [0.25, 0.3) is 0 Å². The summed E-state index contributed by atoms with van der Waals surface area (Å²) < 4.78 is 20.8. The maximum Gasteiger partial charge on any atom is 0.408 e. The molecule has 1 aromatic carbocycles. The Morgan fingerprint density at radius 2 is 1.27 bits per heavy atom. The highest BCUT2D eigenvalue weighted by Gasteiger charge is 2.33. The molecule has 0 saturated heterocycles. The summed E-state index contributed by atoms with van der Waals surface area (Å²) >= 11 is 0. The molecule has 0 bridgehead atoms. The van der Waals surface area contributed by atoms with Crippen LogP contribution in [0.15, 0.2) is 30.3 Å². The number of amides is 6. The van der Waals surface area contributed by atoms with Gasteiger partial charge in [-0.3, -0.25) is 28.8 Å². The lowest BCUT2D eigenvalue weighted by Crippen LogP contribution is -2.56. The second kappa shape index (κ2) is 28.8. The number of methoxy groups -OCH3 is 1. The van der Waals surface area contributed by atoms with Crippen molar-refractivity contribution in [1.29, 1.82) is 0 Å². The van der Waals surface area contributed by atoms with E-state index in [1.54, 1.807) is 52.1 Å². The third kappa shape index (κ3) is 24.5. The Bertz CT molecular complexity index is 1480. The number of ether oxygens (including phenoxy) is 4. The summed E-state index contributed by atoms with van der Waals surface area (Å²) in [5, 5.41) is 16.0. The second-order valence-electron chi connectivity index (χ2n) is 16.6. The zero-order valence-electron chi connectivity index (χ0n) is 37.3. The van der Waals surface area contributed by atoms with Crippen molar-refractivity contribution < 1.29 is 52.5 Å². The largest absolute Gasteiger partial charge is 0.444 e. The van der Waals surface area contributed by atoms with Gasteiger partial charge < -0.3 is 50.8 Å². The van der Waals surface area contributed by atoms with Gasteiger partial charge in [-0.25, -0.2) is 4.79 Å². The number of carbonyl (C=O) groups is 7. The Hall–Kier alpha value is -4.61. The number of carbonyl (C=O) groups excluding carboxylic acids is 7. The van der Waals surface area contributed by atoms with Gasteiger partial charge >= 0.3 is 6.09 Å². The van der Waals surface area contributed by atoms with Crippen LogP contribution in [0.1, 0.15) is 99.5 Å². The topological polar surface area (TPSA) is 229 Å². The fourth-order valence-corrected chi connectivity index (χ4v) is 5.62. The fraction of sp³-hybridized carbons (Fsp3) is 0.698. The molecule has 0 spiro atoms. The quantitative estimate of drug-likeness (QED) is 0.0617. The molecule has 0 heterocycles. The molecule has 1 aromatic rings. The van der Waals surface area contributed by atoms with Crippen LogP contribution in [0.4, 0.5) is 4.79 Å². The van der Waals surface area contributed by atoms with Gasteiger partial charge in [0, 0.05) is 31.9 Å². The first kappa shape index (κ1) is 53.4. The number of benzene rings is 1. The Morgan fingerprint density at radius 1 is 0.667 bits per heavy atom. The third-order valence-corrected chi connectivity index (χ3v) is 9.21. The molecule has 0 fully saturated rings. The van der Waals surface area contributed by atoms with E-state index < -0.39 is 72.0 Å². The summed E-state index contributed by atoms with van der Waals surface area (Å²) in [7, 11) is 1.59. The highest BCUT2D eigenvalue weighted by atomic mass is 16.6. The van der Waals surface area contributed by atoms with Crippen LogP contribution in [0, 0.1) is 11.3 Å². The van der Waals surface area contributed by atoms with E-state index in [1.807, 2.05) is 40.7 Å². The maximum atomic E-state index is 13.6. The molecule has 17 heteroatoms. The lowest BCUT2D eigenvalue weighted by Gasteiger charge is -2.28. The van der Waals surface area contributed by atoms with E-state index in [4.69, 9.17) is 18.9 Å². The first-order valence-electron chi connectivity index (χ1n) is 20.9. The van der Waals surface area contributed by atoms with Crippen molar-refractivity contribution in [1.82, 2.24) is 31.9 Å². The van der Waals surface area contributed by atoms with E-state index in [0.717, 1.165) is 5.56 Å². The van der Waals surface area contributed by atoms with E-state index >= 15 is 0 Å². The summed E-state index contributed by atoms with van der Waals surface area (Å²) in [6.45, 7) is 15.9. The zero-order chi connectivity index (χ0) is 45.1. The van der Waals surface area contributed by atoms with Crippen LogP contribution in [-0.2, 0) is 54.1 Å². The number of unbranched alkanes of at least 4 members (excludes halogenated alkanes) is 1. The second-order valence-corrected chi connectivity index (χ2v) is 16.6. The molecule has 17 nitrogen and oxygen atoms in total. The molecule has 340 valence electrons. The minimum atomic E-state index is -1.13. The third-order valence-electron chi connectivity index (χ3n) is 9.21. The summed E-state index contributed by atoms with van der Waals surface area (Å²) in [5.74, 6) is -2.80. The van der Waals surface area contributed by atoms with Gasteiger partial charge in [-0.05, 0) is 64.4 Å². The number of hydrogen-bond donors (Lipinski definition) is 6. The molecule has 6 N–H and O–H groups in total. The molecule has 0 saturated carbocycles. The summed E-state index contributed by atoms with van der Waals surface area (Å²) in [6.07, 6.45) is 1.72. The van der Waals surface area contributed by atoms with Crippen LogP contribution in [0.5, 0.6) is 0 Å². The molecular formula is C43H72N6O11. The molecule has 0 aromatic heterocycles. The van der Waals surface area contributed by atoms with E-state index in [1.165, 1.54) is 0 Å². The normalized spacial score (nSPS) is 13.0. The summed E-state index contributed by atoms with van der Waals surface area (Å²) in [4.78, 5) is 91.2. The molecular weight excluding hydrogens is 777 g/mol. The monoisotopic (exact) mass is 849 g/mol. The standard InChI is InChI=1S/C43H72N6O11/c1-10-43(7,8)38(53)32(18-14-15-20-44-35(50)19-21-58-24-25-59-23-22-57-9)47-36(51)28-45-39(54)34(27-31-16-12-11-13-17-31)49-40(55)33(26-30(2)3)48-37(52)29-46-41(56)60-42(4,5)6/h11-13,16-17,30,32-34H,10,14-15,18-29H2,1-9H3,(H,44,50)(H,45,54)(H,46,56)(H,47,51)(H,48,52)(H,49,55). The van der Waals surface area contributed by atoms with Crippen LogP contribution in [0.3, 0.4) is 0 Å². The average molecular weight is 849 g/mol. The average Bonchev–Trinajstić information content (AvgIpc) is 3.18. The molecule has 3 atom stereocenters. The van der Waals surface area contributed by atoms with Crippen molar-refractivity contribution in [2.75, 3.05) is 59.8 Å². The lowest BCUT2D eigenvalue weighted by atomic mass is 9.80. The first-order valence-corrected chi connectivity index (χ1v) is 20.9. The molecule has 0 aliphatic heterocycles. The number of hydrogen-bond acceptors (Lipinski definition) is 11. The lowest BCUT2D eigenvalue weighted by molar-refractivity contribution is -0.134. The smallest absolute Gasteiger partial charge is 0.408 e. The van der Waals surface area contributed by atoms with E-state index in [-0.39, 0.29) is 43.5 Å². The predicted molar refractivity (Wildman–Crippen MR) is 227 cm³/mol. The van der Waals surface area contributed by atoms with Gasteiger partial charge in [-0.2, -0.15) is 0 Å². The Morgan fingerprint density at radius 3 is 1.87 bits per heavy atom. The van der Waals surface area contributed by atoms with Gasteiger partial charge in [0.05, 0.1) is 45.6 Å². The molecule has 6 amide bonds. The first-order chi connectivity index (χ1) is 28.3. The van der Waals surface area contributed by atoms with E-state index in [9.17, 15) is 33.6 Å². The number of nitrogens with one attached hydrogen (secondary N) is 6. The predicted octanol–water partition coefficient (Wildman–Crippen LogP) is 2.73. The zero-order valence-corrected chi connectivity index (χ0v) is 37.3. The number of alkyl carbamates (subject to hydrolysis) is 1. The van der Waals surface area contributed by atoms with Crippen LogP contribution >= 0.6 is 0 Å². The van der Waals surface area contributed by atoms with Crippen molar-refractivity contribution in [3.8, 4) is 0 Å². The number of rotatable bonds is 30. The maximum absolute atomic E-state index is 13.6. The van der Waals surface area contributed by atoms with E-state index in [2.05, 4.69) is 31.9 Å². The number of ketones is 1. The highest BCUT2D eigenvalue weighted by molar-refractivity contribution is 5.96. The molecule has 0 aliphatic carbocycles. The minimum absolute atomic E-state index is 0.0232. The summed E-state index contributed by atoms with van der Waals surface area (Å²) in [5.41, 5.74) is -0.742. The van der Waals surface area contributed by atoms with E-state index in [0.29, 0.717) is 58.7 Å². The van der Waals surface area contributed by atoms with Gasteiger partial charge in [0.2, 0.25) is 29.5 Å². The van der Waals surface area contributed by atoms with Crippen molar-refractivity contribution in [2.24, 2.45) is 11.3 Å². The van der Waals surface area contributed by atoms with Crippen molar-refractivity contribution in [3.63, 3.8) is 0 Å². The minimum Gasteiger partial charge on any atom is -0.444 e. The molecule has 0 radical (unpaired) electrons. The van der Waals surface area contributed by atoms with Gasteiger partial charge in [-0.15, -0.1) is 0 Å². The van der Waals surface area contributed by atoms with Crippen molar-refractivity contribution >= 4 is 41.4 Å². The summed E-state index contributed by atoms with van der Waals surface area (Å²) in [6, 6.07) is 6.00. The van der Waals surface area contributed by atoms with Gasteiger partial charge in [0.1, 0.15) is 24.2 Å². The number of Topliss-reactive ketones (excluding diaryl/α,β-unsaturated/α-hetero) is 1. The van der Waals surface area contributed by atoms with Crippen LogP contribution < -0.4 is 31.9 Å². The molecule has 0 aliphatic rings. The Balaban J connectivity index is 2.88. The van der Waals surface area contributed by atoms with Crippen molar-refractivity contribution in [2.45, 2.75) is 124 Å². The Labute approximate surface area is 356 Å². The highest BCUT2D eigenvalue weighted by Crippen LogP contribution is 2.24. The van der Waals surface area contributed by atoms with Gasteiger partial charge in [0.15, 0.2) is 5.78 Å². The Kier molecular flexibility index (Phi) is 25.6. The van der Waals surface area contributed by atoms with Crippen LogP contribution in [-0.4, -0.2) is 125 Å². The molecule has 3 unspecified atom stereocenters. The SMILES string of the molecule is CCC(C)(C)C(=O)C(CCCCNC(=O)CCOCCOCCOC)NC(=O)CNC(=O)C(Cc1ccccc1)NC(=O)C(CC(C)C)NC(=O)CNC(=O)OC(C)(C)C. The molecule has 1 rings (SSSR count). The fourth-order valence-electron chi connectivity index (χ4n) is 5.62.